The van der Waals surface area contributed by atoms with Crippen molar-refractivity contribution in [1.29, 1.82) is 0 Å². The van der Waals surface area contributed by atoms with Gasteiger partial charge in [0.05, 0.1) is 12.6 Å². The first-order valence-electron chi connectivity index (χ1n) is 10.7. The number of halogens is 1. The van der Waals surface area contributed by atoms with E-state index in [-0.39, 0.29) is 23.7 Å². The molecular formula is C22H33FN4O2. The van der Waals surface area contributed by atoms with E-state index in [0.717, 1.165) is 39.0 Å². The molecular weight excluding hydrogens is 371 g/mol. The van der Waals surface area contributed by atoms with Crippen molar-refractivity contribution in [3.05, 3.63) is 30.1 Å². The van der Waals surface area contributed by atoms with Crippen molar-refractivity contribution < 1.29 is 14.0 Å². The van der Waals surface area contributed by atoms with Gasteiger partial charge in [0.2, 0.25) is 11.8 Å². The van der Waals surface area contributed by atoms with Gasteiger partial charge in [0, 0.05) is 44.0 Å². The van der Waals surface area contributed by atoms with Crippen molar-refractivity contribution in [1.82, 2.24) is 14.7 Å². The molecule has 29 heavy (non-hydrogen) atoms. The van der Waals surface area contributed by atoms with E-state index in [4.69, 9.17) is 0 Å². The molecule has 1 aromatic rings. The van der Waals surface area contributed by atoms with Gasteiger partial charge >= 0.3 is 0 Å². The van der Waals surface area contributed by atoms with Crippen molar-refractivity contribution in [2.24, 2.45) is 0 Å². The number of carbonyl (C=O) groups excluding carboxylic acids is 2. The number of nitrogens with zero attached hydrogens (tertiary/aromatic N) is 3. The number of anilines is 1. The summed E-state index contributed by atoms with van der Waals surface area (Å²) >= 11 is 0. The van der Waals surface area contributed by atoms with Crippen LogP contribution >= 0.6 is 0 Å². The number of carbonyl (C=O) groups is 2. The summed E-state index contributed by atoms with van der Waals surface area (Å²) in [6.07, 6.45) is 3.36. The maximum atomic E-state index is 13.1. The van der Waals surface area contributed by atoms with Gasteiger partial charge in [0.25, 0.3) is 0 Å². The molecule has 2 aliphatic rings. The Labute approximate surface area is 173 Å². The average Bonchev–Trinajstić information content (AvgIpc) is 2.69. The number of rotatable bonds is 5. The summed E-state index contributed by atoms with van der Waals surface area (Å²) < 4.78 is 13.0. The van der Waals surface area contributed by atoms with Crippen molar-refractivity contribution in [2.75, 3.05) is 38.0 Å². The quantitative estimate of drug-likeness (QED) is 0.820. The third kappa shape index (κ3) is 5.54. The van der Waals surface area contributed by atoms with E-state index in [1.165, 1.54) is 18.6 Å². The summed E-state index contributed by atoms with van der Waals surface area (Å²) in [6.45, 7) is 9.65. The zero-order valence-electron chi connectivity index (χ0n) is 17.7. The fraction of sp³-hybridized carbons (Fsp3) is 0.636. The Morgan fingerprint density at radius 1 is 1.07 bits per heavy atom. The molecule has 2 heterocycles. The highest BCUT2D eigenvalue weighted by atomic mass is 19.1. The van der Waals surface area contributed by atoms with Gasteiger partial charge in [0.1, 0.15) is 5.82 Å². The van der Waals surface area contributed by atoms with Crippen LogP contribution in [0.25, 0.3) is 0 Å². The van der Waals surface area contributed by atoms with E-state index < -0.39 is 0 Å². The molecule has 2 aliphatic heterocycles. The molecule has 0 aromatic heterocycles. The van der Waals surface area contributed by atoms with Gasteiger partial charge in [-0.3, -0.25) is 19.4 Å². The minimum atomic E-state index is -0.323. The first-order chi connectivity index (χ1) is 13.8. The first kappa shape index (κ1) is 21.7. The zero-order chi connectivity index (χ0) is 21.0. The Morgan fingerprint density at radius 3 is 2.24 bits per heavy atom. The van der Waals surface area contributed by atoms with E-state index in [2.05, 4.69) is 33.9 Å². The van der Waals surface area contributed by atoms with Crippen LogP contribution < -0.4 is 5.32 Å². The van der Waals surface area contributed by atoms with E-state index in [1.807, 2.05) is 6.92 Å². The molecule has 0 spiro atoms. The molecule has 1 aromatic carbocycles. The maximum Gasteiger partial charge on any atom is 0.240 e. The van der Waals surface area contributed by atoms with Crippen LogP contribution in [0.15, 0.2) is 24.3 Å². The molecule has 2 amide bonds. The summed E-state index contributed by atoms with van der Waals surface area (Å²) in [5, 5.41) is 2.80. The Morgan fingerprint density at radius 2 is 1.66 bits per heavy atom. The van der Waals surface area contributed by atoms with Gasteiger partial charge in [-0.05, 0) is 64.3 Å². The Bertz CT molecular complexity index is 693. The lowest BCUT2D eigenvalue weighted by atomic mass is 9.96. The van der Waals surface area contributed by atoms with Gasteiger partial charge in [0.15, 0.2) is 0 Å². The van der Waals surface area contributed by atoms with Crippen molar-refractivity contribution in [3.63, 3.8) is 0 Å². The molecule has 3 rings (SSSR count). The Balaban J connectivity index is 1.46. The minimum Gasteiger partial charge on any atom is -0.336 e. The molecule has 3 unspecified atom stereocenters. The van der Waals surface area contributed by atoms with E-state index >= 15 is 0 Å². The van der Waals surface area contributed by atoms with Crippen LogP contribution in [0, 0.1) is 5.82 Å². The summed E-state index contributed by atoms with van der Waals surface area (Å²) in [4.78, 5) is 31.7. The monoisotopic (exact) mass is 404 g/mol. The molecule has 0 bridgehead atoms. The van der Waals surface area contributed by atoms with Crippen molar-refractivity contribution >= 4 is 17.5 Å². The summed E-state index contributed by atoms with van der Waals surface area (Å²) in [5.41, 5.74) is 0.596. The summed E-state index contributed by atoms with van der Waals surface area (Å²) in [5.74, 6) is -0.200. The number of benzene rings is 1. The molecule has 3 atom stereocenters. The van der Waals surface area contributed by atoms with E-state index in [9.17, 15) is 14.0 Å². The molecule has 1 N–H and O–H groups in total. The largest absolute Gasteiger partial charge is 0.336 e. The second kappa shape index (κ2) is 9.67. The van der Waals surface area contributed by atoms with Crippen molar-refractivity contribution in [2.45, 2.75) is 58.2 Å². The number of likely N-dealkylation sites (tertiary alicyclic amines) is 1. The van der Waals surface area contributed by atoms with Crippen LogP contribution in [-0.4, -0.2) is 77.4 Å². The molecule has 2 fully saturated rings. The fourth-order valence-corrected chi connectivity index (χ4v) is 4.47. The normalized spacial score (nSPS) is 24.9. The standard InChI is InChI=1S/C22H33FN4O2/c1-16-5-4-6-17(2)27(16)22(29)18(3)26-13-11-25(12-14-26)15-21(28)24-20-9-7-19(23)8-10-20/h7-10,16-18H,4-6,11-15H2,1-3H3,(H,24,28). The second-order valence-electron chi connectivity index (χ2n) is 8.42. The van der Waals surface area contributed by atoms with Crippen LogP contribution in [0.4, 0.5) is 10.1 Å². The third-order valence-corrected chi connectivity index (χ3v) is 6.26. The van der Waals surface area contributed by atoms with Gasteiger partial charge < -0.3 is 10.2 Å². The van der Waals surface area contributed by atoms with Crippen LogP contribution in [0.5, 0.6) is 0 Å². The number of hydrogen-bond acceptors (Lipinski definition) is 4. The lowest BCUT2D eigenvalue weighted by Crippen LogP contribution is -2.58. The topological polar surface area (TPSA) is 55.9 Å². The zero-order valence-corrected chi connectivity index (χ0v) is 17.7. The van der Waals surface area contributed by atoms with Crippen LogP contribution in [0.3, 0.4) is 0 Å². The molecule has 0 radical (unpaired) electrons. The molecule has 0 aliphatic carbocycles. The number of piperazine rings is 1. The minimum absolute atomic E-state index is 0.106. The SMILES string of the molecule is CC(C(=O)N1C(C)CCCC1C)N1CCN(CC(=O)Nc2ccc(F)cc2)CC1. The Kier molecular flexibility index (Phi) is 7.24. The fourth-order valence-electron chi connectivity index (χ4n) is 4.47. The predicted octanol–water partition coefficient (Wildman–Crippen LogP) is 2.56. The number of hydrogen-bond donors (Lipinski definition) is 1. The number of piperidine rings is 1. The maximum absolute atomic E-state index is 13.1. The molecule has 7 heteroatoms. The second-order valence-corrected chi connectivity index (χ2v) is 8.42. The molecule has 2 saturated heterocycles. The first-order valence-corrected chi connectivity index (χ1v) is 10.7. The summed E-state index contributed by atoms with van der Waals surface area (Å²) in [6, 6.07) is 6.26. The van der Waals surface area contributed by atoms with Crippen LogP contribution in [-0.2, 0) is 9.59 Å². The van der Waals surface area contributed by atoms with Gasteiger partial charge in [-0.1, -0.05) is 0 Å². The predicted molar refractivity (Wildman–Crippen MR) is 112 cm³/mol. The third-order valence-electron chi connectivity index (χ3n) is 6.26. The van der Waals surface area contributed by atoms with Gasteiger partial charge in [-0.15, -0.1) is 0 Å². The van der Waals surface area contributed by atoms with E-state index in [1.54, 1.807) is 12.1 Å². The van der Waals surface area contributed by atoms with Crippen LogP contribution in [0.1, 0.15) is 40.0 Å². The highest BCUT2D eigenvalue weighted by Gasteiger charge is 2.35. The highest BCUT2D eigenvalue weighted by Crippen LogP contribution is 2.24. The number of nitrogens with one attached hydrogen (secondary N) is 1. The van der Waals surface area contributed by atoms with Gasteiger partial charge in [-0.25, -0.2) is 4.39 Å². The molecule has 6 nitrogen and oxygen atoms in total. The summed E-state index contributed by atoms with van der Waals surface area (Å²) in [7, 11) is 0. The average molecular weight is 405 g/mol. The van der Waals surface area contributed by atoms with Gasteiger partial charge in [-0.2, -0.15) is 0 Å². The molecule has 160 valence electrons. The van der Waals surface area contributed by atoms with E-state index in [0.29, 0.717) is 24.3 Å². The lowest BCUT2D eigenvalue weighted by Gasteiger charge is -2.44. The van der Waals surface area contributed by atoms with Crippen LogP contribution in [0.2, 0.25) is 0 Å². The Hall–Kier alpha value is -1.99. The number of amides is 2. The smallest absolute Gasteiger partial charge is 0.240 e. The molecule has 0 saturated carbocycles. The van der Waals surface area contributed by atoms with Crippen molar-refractivity contribution in [3.8, 4) is 0 Å². The lowest BCUT2D eigenvalue weighted by molar-refractivity contribution is -0.143. The highest BCUT2D eigenvalue weighted by molar-refractivity contribution is 5.92.